The third-order valence-electron chi connectivity index (χ3n) is 5.56. The number of ketones is 1. The molecular formula is C26H26N2O5. The summed E-state index contributed by atoms with van der Waals surface area (Å²) >= 11 is 0. The normalized spacial score (nSPS) is 17.5. The molecule has 7 nitrogen and oxygen atoms in total. The second-order valence-corrected chi connectivity index (χ2v) is 7.84. The predicted molar refractivity (Wildman–Crippen MR) is 122 cm³/mol. The van der Waals surface area contributed by atoms with Crippen LogP contribution in [0.25, 0.3) is 5.76 Å². The minimum atomic E-state index is -0.855. The van der Waals surface area contributed by atoms with E-state index in [0.717, 1.165) is 19.3 Å². The first kappa shape index (κ1) is 22.3. The Labute approximate surface area is 192 Å². The summed E-state index contributed by atoms with van der Waals surface area (Å²) in [6, 6.07) is 14.7. The molecule has 1 aliphatic rings. The molecule has 1 unspecified atom stereocenters. The molecule has 3 aromatic rings. The maximum absolute atomic E-state index is 13.0. The molecule has 2 aromatic heterocycles. The Balaban J connectivity index is 1.65. The van der Waals surface area contributed by atoms with Gasteiger partial charge in [-0.15, -0.1) is 0 Å². The van der Waals surface area contributed by atoms with Gasteiger partial charge in [-0.3, -0.25) is 14.6 Å². The average molecular weight is 447 g/mol. The van der Waals surface area contributed by atoms with Gasteiger partial charge in [0.15, 0.2) is 0 Å². The molecule has 1 atom stereocenters. The van der Waals surface area contributed by atoms with Gasteiger partial charge in [-0.05, 0) is 55.0 Å². The smallest absolute Gasteiger partial charge is 0.296 e. The number of ether oxygens (including phenoxy) is 1. The van der Waals surface area contributed by atoms with E-state index in [1.807, 2.05) is 6.07 Å². The third kappa shape index (κ3) is 4.82. The Kier molecular flexibility index (Phi) is 6.88. The number of aliphatic hydroxyl groups is 1. The Morgan fingerprint density at radius 2 is 1.91 bits per heavy atom. The summed E-state index contributed by atoms with van der Waals surface area (Å²) in [6.07, 6.45) is 6.29. The molecule has 170 valence electrons. The van der Waals surface area contributed by atoms with Crippen molar-refractivity contribution in [3.8, 4) is 5.75 Å². The van der Waals surface area contributed by atoms with Crippen LogP contribution in [0.4, 0.5) is 0 Å². The van der Waals surface area contributed by atoms with Gasteiger partial charge in [-0.2, -0.15) is 0 Å². The lowest BCUT2D eigenvalue weighted by Gasteiger charge is -2.22. The number of benzene rings is 1. The summed E-state index contributed by atoms with van der Waals surface area (Å²) in [5.74, 6) is -0.650. The second-order valence-electron chi connectivity index (χ2n) is 7.84. The summed E-state index contributed by atoms with van der Waals surface area (Å²) in [6.45, 7) is 2.86. The van der Waals surface area contributed by atoms with Crippen molar-refractivity contribution in [2.24, 2.45) is 0 Å². The van der Waals surface area contributed by atoms with Gasteiger partial charge >= 0.3 is 0 Å². The molecule has 7 heteroatoms. The summed E-state index contributed by atoms with van der Waals surface area (Å²) in [5, 5.41) is 11.1. The lowest BCUT2D eigenvalue weighted by Crippen LogP contribution is -2.29. The Bertz CT molecular complexity index is 1120. The molecule has 4 rings (SSSR count). The van der Waals surface area contributed by atoms with Crippen molar-refractivity contribution in [1.29, 1.82) is 0 Å². The van der Waals surface area contributed by atoms with Crippen molar-refractivity contribution in [3.63, 3.8) is 0 Å². The van der Waals surface area contributed by atoms with Crippen LogP contribution in [-0.2, 0) is 16.1 Å². The maximum Gasteiger partial charge on any atom is 0.296 e. The zero-order valence-corrected chi connectivity index (χ0v) is 18.4. The van der Waals surface area contributed by atoms with Gasteiger partial charge < -0.3 is 19.2 Å². The lowest BCUT2D eigenvalue weighted by atomic mass is 9.99. The number of hydrogen-bond donors (Lipinski definition) is 1. The van der Waals surface area contributed by atoms with E-state index in [4.69, 9.17) is 9.15 Å². The number of carbonyl (C=O) groups is 2. The van der Waals surface area contributed by atoms with E-state index in [0.29, 0.717) is 29.4 Å². The molecule has 0 bridgehead atoms. The fourth-order valence-corrected chi connectivity index (χ4v) is 3.86. The first-order chi connectivity index (χ1) is 16.1. The number of Topliss-reactive ketones (excluding diaryl/α,β-unsaturated/α-hetero) is 1. The van der Waals surface area contributed by atoms with Crippen molar-refractivity contribution in [1.82, 2.24) is 9.88 Å². The lowest BCUT2D eigenvalue weighted by molar-refractivity contribution is -0.140. The maximum atomic E-state index is 13.0. The number of likely N-dealkylation sites (tertiary alicyclic amines) is 1. The first-order valence-corrected chi connectivity index (χ1v) is 11.0. The van der Waals surface area contributed by atoms with Gasteiger partial charge in [0.25, 0.3) is 11.7 Å². The number of hydrogen-bond acceptors (Lipinski definition) is 6. The van der Waals surface area contributed by atoms with Crippen LogP contribution in [-0.4, -0.2) is 33.3 Å². The van der Waals surface area contributed by atoms with Crippen LogP contribution in [0, 0.1) is 0 Å². The number of pyridine rings is 1. The molecule has 0 aliphatic carbocycles. The van der Waals surface area contributed by atoms with Gasteiger partial charge in [0, 0.05) is 11.8 Å². The molecule has 1 N–H and O–H groups in total. The van der Waals surface area contributed by atoms with Gasteiger partial charge in [-0.25, -0.2) is 0 Å². The van der Waals surface area contributed by atoms with Gasteiger partial charge in [-0.1, -0.05) is 25.8 Å². The van der Waals surface area contributed by atoms with Crippen molar-refractivity contribution in [2.45, 2.75) is 38.8 Å². The molecule has 1 aromatic carbocycles. The third-order valence-corrected chi connectivity index (χ3v) is 5.56. The van der Waals surface area contributed by atoms with Crippen molar-refractivity contribution >= 4 is 17.4 Å². The number of aromatic nitrogens is 1. The highest BCUT2D eigenvalue weighted by atomic mass is 16.5. The van der Waals surface area contributed by atoms with Crippen LogP contribution in [0.2, 0.25) is 0 Å². The van der Waals surface area contributed by atoms with Gasteiger partial charge in [0.05, 0.1) is 30.7 Å². The number of furan rings is 1. The molecular weight excluding hydrogens is 420 g/mol. The molecule has 1 amide bonds. The standard InChI is InChI=1S/C26H26N2O5/c1-2-3-6-15-32-20-12-10-18(11-13-20)24(29)22-23(21-9-7-16-33-21)28(26(31)25(22)30)17-19-8-4-5-14-27-19/h4-5,7-14,16,23,29H,2-3,6,15,17H2,1H3/b24-22-. The molecule has 0 saturated carbocycles. The van der Waals surface area contributed by atoms with E-state index >= 15 is 0 Å². The van der Waals surface area contributed by atoms with Crippen LogP contribution >= 0.6 is 0 Å². The van der Waals surface area contributed by atoms with E-state index < -0.39 is 17.7 Å². The van der Waals surface area contributed by atoms with Crippen molar-refractivity contribution in [2.75, 3.05) is 6.61 Å². The first-order valence-electron chi connectivity index (χ1n) is 11.0. The van der Waals surface area contributed by atoms with E-state index in [9.17, 15) is 14.7 Å². The van der Waals surface area contributed by atoms with Crippen LogP contribution in [0.15, 0.2) is 77.0 Å². The summed E-state index contributed by atoms with van der Waals surface area (Å²) in [4.78, 5) is 31.6. The molecule has 33 heavy (non-hydrogen) atoms. The number of carbonyl (C=O) groups excluding carboxylic acids is 2. The fraction of sp³-hybridized carbons (Fsp3) is 0.269. The highest BCUT2D eigenvalue weighted by Crippen LogP contribution is 2.40. The Morgan fingerprint density at radius 3 is 2.58 bits per heavy atom. The van der Waals surface area contributed by atoms with E-state index in [-0.39, 0.29) is 17.9 Å². The zero-order valence-electron chi connectivity index (χ0n) is 18.4. The van der Waals surface area contributed by atoms with Crippen molar-refractivity contribution in [3.05, 3.63) is 89.6 Å². The fourth-order valence-electron chi connectivity index (χ4n) is 3.86. The minimum absolute atomic E-state index is 0.0116. The average Bonchev–Trinajstić information content (AvgIpc) is 3.45. The number of aliphatic hydroxyl groups excluding tert-OH is 1. The summed E-state index contributed by atoms with van der Waals surface area (Å²) < 4.78 is 11.3. The molecule has 1 fully saturated rings. The molecule has 0 radical (unpaired) electrons. The van der Waals surface area contributed by atoms with Crippen LogP contribution < -0.4 is 4.74 Å². The van der Waals surface area contributed by atoms with Crippen LogP contribution in [0.1, 0.15) is 49.2 Å². The van der Waals surface area contributed by atoms with Crippen LogP contribution in [0.5, 0.6) is 5.75 Å². The predicted octanol–water partition coefficient (Wildman–Crippen LogP) is 4.87. The van der Waals surface area contributed by atoms with Crippen LogP contribution in [0.3, 0.4) is 0 Å². The highest BCUT2D eigenvalue weighted by molar-refractivity contribution is 6.46. The molecule has 0 spiro atoms. The topological polar surface area (TPSA) is 92.9 Å². The molecule has 1 saturated heterocycles. The van der Waals surface area contributed by atoms with Crippen molar-refractivity contribution < 1.29 is 23.8 Å². The number of unbranched alkanes of at least 4 members (excludes halogenated alkanes) is 2. The zero-order chi connectivity index (χ0) is 23.2. The van der Waals surface area contributed by atoms with E-state index in [1.165, 1.54) is 11.2 Å². The van der Waals surface area contributed by atoms with E-state index in [1.54, 1.807) is 54.7 Å². The number of nitrogens with zero attached hydrogens (tertiary/aromatic N) is 2. The highest BCUT2D eigenvalue weighted by Gasteiger charge is 2.47. The summed E-state index contributed by atoms with van der Waals surface area (Å²) in [7, 11) is 0. The SMILES string of the molecule is CCCCCOc1ccc(/C(O)=C2/C(=O)C(=O)N(Cc3ccccn3)C2c2ccco2)cc1. The Morgan fingerprint density at radius 1 is 1.09 bits per heavy atom. The van der Waals surface area contributed by atoms with Gasteiger partial charge in [0.1, 0.15) is 23.3 Å². The minimum Gasteiger partial charge on any atom is -0.507 e. The number of rotatable bonds is 9. The molecule has 1 aliphatic heterocycles. The van der Waals surface area contributed by atoms with Gasteiger partial charge in [0.2, 0.25) is 0 Å². The van der Waals surface area contributed by atoms with E-state index in [2.05, 4.69) is 11.9 Å². The monoisotopic (exact) mass is 446 g/mol. The summed E-state index contributed by atoms with van der Waals surface area (Å²) in [5.41, 5.74) is 1.03. The Hall–Kier alpha value is -3.87. The quantitative estimate of drug-likeness (QED) is 0.218. The second kappa shape index (κ2) is 10.2. The largest absolute Gasteiger partial charge is 0.507 e. The number of amides is 1. The molecule has 3 heterocycles.